The summed E-state index contributed by atoms with van der Waals surface area (Å²) in [6.07, 6.45) is 1.16. The zero-order valence-electron chi connectivity index (χ0n) is 6.58. The molecule has 5 heteroatoms. The first-order valence-electron chi connectivity index (χ1n) is 3.85. The van der Waals surface area contributed by atoms with Crippen LogP contribution in [0.5, 0.6) is 0 Å². The van der Waals surface area contributed by atoms with Gasteiger partial charge in [-0.15, -0.1) is 0 Å². The Hall–Kier alpha value is -1.10. The number of piperidine rings is 1. The van der Waals surface area contributed by atoms with Crippen molar-refractivity contribution in [2.24, 2.45) is 0 Å². The first-order valence-corrected chi connectivity index (χ1v) is 3.85. The molecule has 0 aromatic heterocycles. The topological polar surface area (TPSA) is 75.6 Å². The van der Waals surface area contributed by atoms with Crippen molar-refractivity contribution in [1.29, 1.82) is 0 Å². The molecule has 0 bridgehead atoms. The third kappa shape index (κ3) is 2.50. The van der Waals surface area contributed by atoms with Crippen molar-refractivity contribution in [3.63, 3.8) is 0 Å². The number of aliphatic carboxylic acids is 1. The van der Waals surface area contributed by atoms with E-state index in [1.54, 1.807) is 0 Å². The summed E-state index contributed by atoms with van der Waals surface area (Å²) in [4.78, 5) is 20.7. The molecule has 0 saturated carbocycles. The Morgan fingerprint density at radius 2 is 1.92 bits per heavy atom. The molecule has 1 aliphatic rings. The van der Waals surface area contributed by atoms with E-state index in [1.807, 2.05) is 0 Å². The first kappa shape index (κ1) is 8.99. The minimum atomic E-state index is -1.52. The summed E-state index contributed by atoms with van der Waals surface area (Å²) < 4.78 is 4.67. The van der Waals surface area contributed by atoms with Crippen LogP contribution in [0, 0.1) is 0 Å². The highest BCUT2D eigenvalue weighted by molar-refractivity contribution is 6.28. The van der Waals surface area contributed by atoms with Gasteiger partial charge in [0, 0.05) is 0 Å². The molecule has 0 atom stereocenters. The van der Waals surface area contributed by atoms with Gasteiger partial charge in [-0.05, 0) is 25.9 Å². The van der Waals surface area contributed by atoms with E-state index in [0.29, 0.717) is 12.8 Å². The van der Waals surface area contributed by atoms with Gasteiger partial charge in [-0.25, -0.2) is 9.59 Å². The lowest BCUT2D eigenvalue weighted by Crippen LogP contribution is -2.35. The summed E-state index contributed by atoms with van der Waals surface area (Å²) in [7, 11) is 0. The van der Waals surface area contributed by atoms with Gasteiger partial charge in [0.15, 0.2) is 0 Å². The number of ether oxygens (including phenoxy) is 1. The van der Waals surface area contributed by atoms with Gasteiger partial charge in [0.05, 0.1) is 0 Å². The summed E-state index contributed by atoms with van der Waals surface area (Å²) in [6.45, 7) is 1.55. The summed E-state index contributed by atoms with van der Waals surface area (Å²) in [5.41, 5.74) is 0. The highest BCUT2D eigenvalue weighted by atomic mass is 16.6. The van der Waals surface area contributed by atoms with Crippen molar-refractivity contribution in [3.8, 4) is 0 Å². The maximum Gasteiger partial charge on any atom is 0.417 e. The standard InChI is InChI=1S/C7H11NO4/c9-6(10)7(11)12-5-1-3-8-4-2-5/h5,8H,1-4H2,(H,9,10). The molecule has 1 fully saturated rings. The lowest BCUT2D eigenvalue weighted by Gasteiger charge is -2.21. The summed E-state index contributed by atoms with van der Waals surface area (Å²) in [6, 6.07) is 0. The van der Waals surface area contributed by atoms with Crippen LogP contribution < -0.4 is 5.32 Å². The fraction of sp³-hybridized carbons (Fsp3) is 0.714. The summed E-state index contributed by atoms with van der Waals surface area (Å²) in [5, 5.41) is 11.3. The number of esters is 1. The fourth-order valence-electron chi connectivity index (χ4n) is 1.12. The van der Waals surface area contributed by atoms with Crippen LogP contribution in [0.4, 0.5) is 0 Å². The average Bonchev–Trinajstić information content (AvgIpc) is 2.06. The molecule has 1 saturated heterocycles. The van der Waals surface area contributed by atoms with Crippen molar-refractivity contribution >= 4 is 11.9 Å². The number of carbonyl (C=O) groups excluding carboxylic acids is 1. The van der Waals surface area contributed by atoms with Crippen LogP contribution in [0.15, 0.2) is 0 Å². The van der Waals surface area contributed by atoms with Crippen LogP contribution in [0.2, 0.25) is 0 Å². The number of rotatable bonds is 1. The Bertz CT molecular complexity index is 186. The molecule has 0 aliphatic carbocycles. The van der Waals surface area contributed by atoms with Crippen LogP contribution >= 0.6 is 0 Å². The normalized spacial score (nSPS) is 18.7. The van der Waals surface area contributed by atoms with Gasteiger partial charge >= 0.3 is 11.9 Å². The summed E-state index contributed by atoms with van der Waals surface area (Å²) in [5.74, 6) is -2.67. The highest BCUT2D eigenvalue weighted by Gasteiger charge is 2.21. The molecule has 12 heavy (non-hydrogen) atoms. The number of nitrogens with one attached hydrogen (secondary N) is 1. The second-order valence-electron chi connectivity index (χ2n) is 2.66. The fourth-order valence-corrected chi connectivity index (χ4v) is 1.12. The van der Waals surface area contributed by atoms with E-state index >= 15 is 0 Å². The lowest BCUT2D eigenvalue weighted by molar-refractivity contribution is -0.168. The molecule has 0 aromatic carbocycles. The third-order valence-electron chi connectivity index (χ3n) is 1.73. The molecule has 0 amide bonds. The van der Waals surface area contributed by atoms with Crippen LogP contribution in [-0.4, -0.2) is 36.2 Å². The number of carbonyl (C=O) groups is 2. The zero-order chi connectivity index (χ0) is 8.97. The van der Waals surface area contributed by atoms with Crippen LogP contribution in [0.3, 0.4) is 0 Å². The predicted octanol–water partition coefficient (Wildman–Crippen LogP) is -0.634. The van der Waals surface area contributed by atoms with Gasteiger partial charge < -0.3 is 15.2 Å². The van der Waals surface area contributed by atoms with Crippen molar-refractivity contribution in [2.45, 2.75) is 18.9 Å². The predicted molar refractivity (Wildman–Crippen MR) is 39.6 cm³/mol. The molecule has 0 unspecified atom stereocenters. The van der Waals surface area contributed by atoms with E-state index in [-0.39, 0.29) is 6.10 Å². The number of hydrogen-bond donors (Lipinski definition) is 2. The minimum absolute atomic E-state index is 0.227. The molecule has 5 nitrogen and oxygen atoms in total. The van der Waals surface area contributed by atoms with Crippen molar-refractivity contribution in [1.82, 2.24) is 5.32 Å². The third-order valence-corrected chi connectivity index (χ3v) is 1.73. The number of carboxylic acids is 1. The Morgan fingerprint density at radius 3 is 2.42 bits per heavy atom. The SMILES string of the molecule is O=C(O)C(=O)OC1CCNCC1. The van der Waals surface area contributed by atoms with Crippen LogP contribution in [-0.2, 0) is 14.3 Å². The second-order valence-corrected chi connectivity index (χ2v) is 2.66. The van der Waals surface area contributed by atoms with Gasteiger partial charge in [-0.3, -0.25) is 0 Å². The van der Waals surface area contributed by atoms with Gasteiger partial charge in [0.2, 0.25) is 0 Å². The largest absolute Gasteiger partial charge is 0.473 e. The Kier molecular flexibility index (Phi) is 3.04. The van der Waals surface area contributed by atoms with Gasteiger partial charge in [-0.1, -0.05) is 0 Å². The average molecular weight is 173 g/mol. The number of hydrogen-bond acceptors (Lipinski definition) is 4. The summed E-state index contributed by atoms with van der Waals surface area (Å²) >= 11 is 0. The monoisotopic (exact) mass is 173 g/mol. The van der Waals surface area contributed by atoms with Gasteiger partial charge in [0.25, 0.3) is 0 Å². The Morgan fingerprint density at radius 1 is 1.33 bits per heavy atom. The van der Waals surface area contributed by atoms with Crippen LogP contribution in [0.1, 0.15) is 12.8 Å². The number of carboxylic acid groups (broad SMARTS) is 1. The van der Waals surface area contributed by atoms with Gasteiger partial charge in [0.1, 0.15) is 6.10 Å². The van der Waals surface area contributed by atoms with E-state index in [9.17, 15) is 9.59 Å². The minimum Gasteiger partial charge on any atom is -0.473 e. The van der Waals surface area contributed by atoms with Crippen LogP contribution in [0.25, 0.3) is 0 Å². The molecule has 2 N–H and O–H groups in total. The van der Waals surface area contributed by atoms with Crippen molar-refractivity contribution in [3.05, 3.63) is 0 Å². The van der Waals surface area contributed by atoms with E-state index in [4.69, 9.17) is 5.11 Å². The molecular weight excluding hydrogens is 162 g/mol. The molecular formula is C7H11NO4. The molecule has 68 valence electrons. The molecule has 0 spiro atoms. The van der Waals surface area contributed by atoms with Gasteiger partial charge in [-0.2, -0.15) is 0 Å². The maximum absolute atomic E-state index is 10.6. The maximum atomic E-state index is 10.6. The van der Waals surface area contributed by atoms with E-state index in [0.717, 1.165) is 13.1 Å². The second kappa shape index (κ2) is 4.06. The molecule has 1 aliphatic heterocycles. The Balaban J connectivity index is 2.29. The van der Waals surface area contributed by atoms with Crippen molar-refractivity contribution in [2.75, 3.05) is 13.1 Å². The van der Waals surface area contributed by atoms with E-state index < -0.39 is 11.9 Å². The highest BCUT2D eigenvalue weighted by Crippen LogP contribution is 2.06. The van der Waals surface area contributed by atoms with E-state index in [2.05, 4.69) is 10.1 Å². The molecule has 1 heterocycles. The molecule has 0 radical (unpaired) electrons. The Labute approximate surface area is 69.7 Å². The molecule has 1 rings (SSSR count). The zero-order valence-corrected chi connectivity index (χ0v) is 6.58. The van der Waals surface area contributed by atoms with Crippen molar-refractivity contribution < 1.29 is 19.4 Å². The first-order chi connectivity index (χ1) is 5.70. The van der Waals surface area contributed by atoms with E-state index in [1.165, 1.54) is 0 Å². The smallest absolute Gasteiger partial charge is 0.417 e. The quantitative estimate of drug-likeness (QED) is 0.407. The lowest BCUT2D eigenvalue weighted by atomic mass is 10.1. The molecule has 0 aromatic rings.